The van der Waals surface area contributed by atoms with Crippen LogP contribution in [0.4, 0.5) is 5.69 Å². The van der Waals surface area contributed by atoms with Gasteiger partial charge in [-0.25, -0.2) is 8.42 Å². The second-order valence-electron chi connectivity index (χ2n) is 3.64. The van der Waals surface area contributed by atoms with Crippen molar-refractivity contribution in [2.24, 2.45) is 0 Å². The smallest absolute Gasteiger partial charge is 0.261 e. The molecule has 0 fully saturated rings. The van der Waals surface area contributed by atoms with Crippen LogP contribution in [0.2, 0.25) is 5.02 Å². The molecule has 96 valence electrons. The van der Waals surface area contributed by atoms with Crippen molar-refractivity contribution in [2.45, 2.75) is 18.4 Å². The first-order valence-corrected chi connectivity index (χ1v) is 7.18. The van der Waals surface area contributed by atoms with Gasteiger partial charge in [-0.2, -0.15) is 5.10 Å². The molecule has 2 aromatic rings. The molecule has 0 saturated carbocycles. The SMILES string of the molecule is CCn1cc(NS(=O)(=O)c2ccc(Cl)cc2)cn1. The Bertz CT molecular complexity index is 635. The van der Waals surface area contributed by atoms with Crippen LogP contribution in [0, 0.1) is 0 Å². The monoisotopic (exact) mass is 285 g/mol. The first-order chi connectivity index (χ1) is 8.51. The van der Waals surface area contributed by atoms with Gasteiger partial charge in [0.1, 0.15) is 0 Å². The molecule has 2 rings (SSSR count). The minimum atomic E-state index is -3.59. The van der Waals surface area contributed by atoms with Crippen LogP contribution < -0.4 is 4.72 Å². The minimum absolute atomic E-state index is 0.163. The van der Waals surface area contributed by atoms with Crippen LogP contribution in [0.25, 0.3) is 0 Å². The number of aromatic nitrogens is 2. The Hall–Kier alpha value is -1.53. The maximum atomic E-state index is 12.0. The number of nitrogens with zero attached hydrogens (tertiary/aromatic N) is 2. The van der Waals surface area contributed by atoms with Crippen LogP contribution in [0.3, 0.4) is 0 Å². The summed E-state index contributed by atoms with van der Waals surface area (Å²) >= 11 is 5.72. The third-order valence-electron chi connectivity index (χ3n) is 2.33. The molecule has 0 saturated heterocycles. The molecule has 1 heterocycles. The number of benzene rings is 1. The van der Waals surface area contributed by atoms with E-state index in [4.69, 9.17) is 11.6 Å². The summed E-state index contributed by atoms with van der Waals surface area (Å²) in [7, 11) is -3.59. The van der Waals surface area contributed by atoms with Crippen molar-refractivity contribution in [1.82, 2.24) is 9.78 Å². The third-order valence-corrected chi connectivity index (χ3v) is 3.98. The highest BCUT2D eigenvalue weighted by molar-refractivity contribution is 7.92. The summed E-state index contributed by atoms with van der Waals surface area (Å²) in [5, 5.41) is 4.49. The molecule has 0 bridgehead atoms. The highest BCUT2D eigenvalue weighted by Gasteiger charge is 2.14. The molecule has 5 nitrogen and oxygen atoms in total. The number of anilines is 1. The predicted molar refractivity (Wildman–Crippen MR) is 70.2 cm³/mol. The molecule has 0 spiro atoms. The molecule has 0 amide bonds. The largest absolute Gasteiger partial charge is 0.276 e. The van der Waals surface area contributed by atoms with Gasteiger partial charge in [-0.1, -0.05) is 11.6 Å². The topological polar surface area (TPSA) is 64.0 Å². The lowest BCUT2D eigenvalue weighted by atomic mass is 10.4. The second-order valence-corrected chi connectivity index (χ2v) is 5.76. The summed E-state index contributed by atoms with van der Waals surface area (Å²) in [6, 6.07) is 5.97. The van der Waals surface area contributed by atoms with E-state index in [9.17, 15) is 8.42 Å². The lowest BCUT2D eigenvalue weighted by molar-refractivity contribution is 0.601. The van der Waals surface area contributed by atoms with E-state index >= 15 is 0 Å². The van der Waals surface area contributed by atoms with Gasteiger partial charge in [-0.15, -0.1) is 0 Å². The zero-order valence-corrected chi connectivity index (χ0v) is 11.2. The number of sulfonamides is 1. The van der Waals surface area contributed by atoms with E-state index in [0.717, 1.165) is 0 Å². The van der Waals surface area contributed by atoms with Gasteiger partial charge in [0.25, 0.3) is 10.0 Å². The van der Waals surface area contributed by atoms with Crippen LogP contribution in [0.15, 0.2) is 41.6 Å². The lowest BCUT2D eigenvalue weighted by Gasteiger charge is -2.05. The molecule has 1 N–H and O–H groups in total. The highest BCUT2D eigenvalue weighted by atomic mass is 35.5. The Balaban J connectivity index is 2.24. The van der Waals surface area contributed by atoms with Gasteiger partial charge >= 0.3 is 0 Å². The van der Waals surface area contributed by atoms with Crippen molar-refractivity contribution in [2.75, 3.05) is 4.72 Å². The predicted octanol–water partition coefficient (Wildman–Crippen LogP) is 2.36. The Morgan fingerprint density at radius 3 is 2.56 bits per heavy atom. The van der Waals surface area contributed by atoms with E-state index in [1.807, 2.05) is 6.92 Å². The first-order valence-electron chi connectivity index (χ1n) is 5.32. The molecular weight excluding hydrogens is 274 g/mol. The average molecular weight is 286 g/mol. The lowest BCUT2D eigenvalue weighted by Crippen LogP contribution is -2.12. The quantitative estimate of drug-likeness (QED) is 0.938. The Morgan fingerprint density at radius 2 is 2.00 bits per heavy atom. The molecule has 0 unspecified atom stereocenters. The van der Waals surface area contributed by atoms with Gasteiger partial charge in [-0.05, 0) is 31.2 Å². The van der Waals surface area contributed by atoms with Crippen molar-refractivity contribution < 1.29 is 8.42 Å². The van der Waals surface area contributed by atoms with Crippen LogP contribution in [-0.4, -0.2) is 18.2 Å². The maximum absolute atomic E-state index is 12.0. The number of rotatable bonds is 4. The molecule has 0 radical (unpaired) electrons. The Labute approximate surface area is 110 Å². The van der Waals surface area contributed by atoms with Crippen molar-refractivity contribution in [3.63, 3.8) is 0 Å². The van der Waals surface area contributed by atoms with Gasteiger partial charge in [0.2, 0.25) is 0 Å². The standard InChI is InChI=1S/C11H12ClN3O2S/c1-2-15-8-10(7-13-15)14-18(16,17)11-5-3-9(12)4-6-11/h3-8,14H,2H2,1H3. The van der Waals surface area contributed by atoms with Crippen molar-refractivity contribution in [1.29, 1.82) is 0 Å². The summed E-state index contributed by atoms with van der Waals surface area (Å²) in [5.74, 6) is 0. The summed E-state index contributed by atoms with van der Waals surface area (Å²) in [4.78, 5) is 0.163. The molecule has 0 aliphatic rings. The van der Waals surface area contributed by atoms with Crippen LogP contribution >= 0.6 is 11.6 Å². The van der Waals surface area contributed by atoms with E-state index < -0.39 is 10.0 Å². The van der Waals surface area contributed by atoms with E-state index in [2.05, 4.69) is 9.82 Å². The normalized spacial score (nSPS) is 11.4. The highest BCUT2D eigenvalue weighted by Crippen LogP contribution is 2.17. The van der Waals surface area contributed by atoms with Crippen LogP contribution in [0.1, 0.15) is 6.92 Å². The molecule has 7 heteroatoms. The molecule has 18 heavy (non-hydrogen) atoms. The zero-order chi connectivity index (χ0) is 13.2. The van der Waals surface area contributed by atoms with Gasteiger partial charge < -0.3 is 0 Å². The minimum Gasteiger partial charge on any atom is -0.276 e. The van der Waals surface area contributed by atoms with Crippen LogP contribution in [-0.2, 0) is 16.6 Å². The summed E-state index contributed by atoms with van der Waals surface area (Å²) in [6.07, 6.45) is 3.10. The maximum Gasteiger partial charge on any atom is 0.261 e. The summed E-state index contributed by atoms with van der Waals surface area (Å²) < 4.78 is 28.1. The van der Waals surface area contributed by atoms with E-state index in [1.54, 1.807) is 10.9 Å². The number of hydrogen-bond acceptors (Lipinski definition) is 3. The molecular formula is C11H12ClN3O2S. The number of aryl methyl sites for hydroxylation is 1. The Kier molecular flexibility index (Phi) is 3.58. The van der Waals surface area contributed by atoms with Crippen LogP contribution in [0.5, 0.6) is 0 Å². The van der Waals surface area contributed by atoms with E-state index in [-0.39, 0.29) is 4.90 Å². The number of hydrogen-bond donors (Lipinski definition) is 1. The Morgan fingerprint density at radius 1 is 1.33 bits per heavy atom. The van der Waals surface area contributed by atoms with Gasteiger partial charge in [-0.3, -0.25) is 9.40 Å². The third kappa shape index (κ3) is 2.83. The van der Waals surface area contributed by atoms with E-state index in [0.29, 0.717) is 17.3 Å². The number of nitrogens with one attached hydrogen (secondary N) is 1. The molecule has 0 atom stereocenters. The summed E-state index contributed by atoms with van der Waals surface area (Å²) in [6.45, 7) is 2.60. The second kappa shape index (κ2) is 4.99. The van der Waals surface area contributed by atoms with Crippen molar-refractivity contribution >= 4 is 27.3 Å². The van der Waals surface area contributed by atoms with Gasteiger partial charge in [0.15, 0.2) is 0 Å². The van der Waals surface area contributed by atoms with Gasteiger partial charge in [0.05, 0.1) is 16.8 Å². The fraction of sp³-hybridized carbons (Fsp3) is 0.182. The van der Waals surface area contributed by atoms with Crippen molar-refractivity contribution in [3.8, 4) is 0 Å². The average Bonchev–Trinajstić information content (AvgIpc) is 2.76. The first kappa shape index (κ1) is 12.9. The fourth-order valence-electron chi connectivity index (χ4n) is 1.42. The molecule has 0 aliphatic carbocycles. The molecule has 1 aromatic heterocycles. The molecule has 0 aliphatic heterocycles. The van der Waals surface area contributed by atoms with E-state index in [1.165, 1.54) is 30.5 Å². The fourth-order valence-corrected chi connectivity index (χ4v) is 2.57. The molecule has 1 aromatic carbocycles. The van der Waals surface area contributed by atoms with Gasteiger partial charge in [0, 0.05) is 17.8 Å². The summed E-state index contributed by atoms with van der Waals surface area (Å²) in [5.41, 5.74) is 0.437. The number of halogens is 1. The van der Waals surface area contributed by atoms with Crippen molar-refractivity contribution in [3.05, 3.63) is 41.7 Å². The zero-order valence-electron chi connectivity index (χ0n) is 9.67.